The molecule has 1 aromatic carbocycles. The third kappa shape index (κ3) is 4.87. The molecule has 2 bridgehead atoms. The number of thiophene rings is 1. The van der Waals surface area contributed by atoms with Gasteiger partial charge in [0.15, 0.2) is 5.13 Å². The molecule has 4 heterocycles. The van der Waals surface area contributed by atoms with Gasteiger partial charge in [-0.25, -0.2) is 4.98 Å². The maximum atomic E-state index is 13.6. The Morgan fingerprint density at radius 1 is 1.19 bits per heavy atom. The van der Waals surface area contributed by atoms with Crippen molar-refractivity contribution in [1.29, 1.82) is 0 Å². The van der Waals surface area contributed by atoms with E-state index in [-0.39, 0.29) is 29.8 Å². The van der Waals surface area contributed by atoms with Gasteiger partial charge in [-0.3, -0.25) is 19.7 Å². The Balaban J connectivity index is 1.33. The molecule has 2 atom stereocenters. The first-order valence-electron chi connectivity index (χ1n) is 11.6. The van der Waals surface area contributed by atoms with Crippen molar-refractivity contribution in [1.82, 2.24) is 14.8 Å². The van der Waals surface area contributed by atoms with Crippen LogP contribution in [0.2, 0.25) is 0 Å². The van der Waals surface area contributed by atoms with E-state index in [9.17, 15) is 14.4 Å². The number of amides is 3. The summed E-state index contributed by atoms with van der Waals surface area (Å²) in [6.45, 7) is 4.66. The zero-order valence-corrected chi connectivity index (χ0v) is 22.6. The van der Waals surface area contributed by atoms with E-state index in [4.69, 9.17) is 4.74 Å². The number of likely N-dealkylation sites (tertiary alicyclic amines) is 1. The normalized spacial score (nSPS) is 18.9. The van der Waals surface area contributed by atoms with Crippen LogP contribution in [0.5, 0.6) is 5.75 Å². The highest BCUT2D eigenvalue weighted by Gasteiger charge is 2.43. The predicted molar refractivity (Wildman–Crippen MR) is 141 cm³/mol. The number of methoxy groups -OCH3 is 1. The van der Waals surface area contributed by atoms with Crippen LogP contribution in [-0.4, -0.2) is 64.8 Å². The van der Waals surface area contributed by atoms with Crippen molar-refractivity contribution in [2.24, 2.45) is 0 Å². The van der Waals surface area contributed by atoms with Crippen molar-refractivity contribution >= 4 is 57.3 Å². The van der Waals surface area contributed by atoms with Crippen LogP contribution in [0.25, 0.3) is 0 Å². The van der Waals surface area contributed by atoms with Gasteiger partial charge in [0.2, 0.25) is 5.91 Å². The summed E-state index contributed by atoms with van der Waals surface area (Å²) in [5, 5.41) is 7.01. The fraction of sp³-hybridized carbons (Fsp3) is 0.360. The van der Waals surface area contributed by atoms with E-state index in [2.05, 4.69) is 10.3 Å². The molecule has 0 saturated carbocycles. The zero-order valence-electron chi connectivity index (χ0n) is 20.1. The van der Waals surface area contributed by atoms with Crippen molar-refractivity contribution in [2.75, 3.05) is 25.5 Å². The summed E-state index contributed by atoms with van der Waals surface area (Å²) < 4.78 is 6.48. The molecule has 5 rings (SSSR count). The number of ether oxygens (including phenoxy) is 1. The number of nitrogens with zero attached hydrogens (tertiary/aromatic N) is 3. The van der Waals surface area contributed by atoms with Crippen molar-refractivity contribution in [2.45, 2.75) is 47.9 Å². The van der Waals surface area contributed by atoms with Gasteiger partial charge < -0.3 is 14.5 Å². The van der Waals surface area contributed by atoms with E-state index in [0.717, 1.165) is 27.5 Å². The van der Waals surface area contributed by atoms with Gasteiger partial charge in [0.1, 0.15) is 5.75 Å². The van der Waals surface area contributed by atoms with Crippen molar-refractivity contribution < 1.29 is 19.1 Å². The molecule has 36 heavy (non-hydrogen) atoms. The van der Waals surface area contributed by atoms with E-state index in [1.165, 1.54) is 34.4 Å². The van der Waals surface area contributed by atoms with Crippen LogP contribution < -0.4 is 10.1 Å². The zero-order chi connectivity index (χ0) is 25.4. The molecule has 11 heteroatoms. The average molecular weight is 543 g/mol. The molecule has 2 aromatic heterocycles. The van der Waals surface area contributed by atoms with Crippen LogP contribution in [0, 0.1) is 6.92 Å². The molecule has 0 aliphatic carbocycles. The summed E-state index contributed by atoms with van der Waals surface area (Å²) in [5.41, 5.74) is 2.10. The number of benzene rings is 1. The Morgan fingerprint density at radius 3 is 2.58 bits per heavy atom. The Kier molecular flexibility index (Phi) is 7.05. The molecule has 2 fully saturated rings. The van der Waals surface area contributed by atoms with Gasteiger partial charge in [-0.05, 0) is 48.9 Å². The maximum absolute atomic E-state index is 13.6. The Hall–Kier alpha value is -2.89. The van der Waals surface area contributed by atoms with E-state index in [1.807, 2.05) is 34.2 Å². The van der Waals surface area contributed by atoms with Crippen LogP contribution in [0.4, 0.5) is 5.13 Å². The van der Waals surface area contributed by atoms with Crippen molar-refractivity contribution in [3.05, 3.63) is 51.8 Å². The number of hydrogen-bond acceptors (Lipinski definition) is 8. The van der Waals surface area contributed by atoms with E-state index in [0.29, 0.717) is 35.1 Å². The highest BCUT2D eigenvalue weighted by Crippen LogP contribution is 2.39. The lowest BCUT2D eigenvalue weighted by molar-refractivity contribution is -0.134. The van der Waals surface area contributed by atoms with Gasteiger partial charge in [0, 0.05) is 42.4 Å². The Labute approximate surface area is 221 Å². The quantitative estimate of drug-likeness (QED) is 0.483. The third-order valence-corrected chi connectivity index (χ3v) is 9.42. The molecule has 8 nitrogen and oxygen atoms in total. The number of aryl methyl sites for hydroxylation is 1. The Morgan fingerprint density at radius 2 is 1.94 bits per heavy atom. The molecular weight excluding hydrogens is 517 g/mol. The summed E-state index contributed by atoms with van der Waals surface area (Å²) in [6.07, 6.45) is 3.58. The number of nitrogens with one attached hydrogen (secondary N) is 1. The van der Waals surface area contributed by atoms with Gasteiger partial charge in [-0.1, -0.05) is 23.1 Å². The highest BCUT2D eigenvalue weighted by atomic mass is 32.2. The van der Waals surface area contributed by atoms with Crippen LogP contribution >= 0.6 is 34.4 Å². The SMILES string of the molecule is COc1cc(C)c(Sc2cnc(NC(=O)c3ccsc3)s2)cc1C(=O)N1C[C@H]2CC[C@@H](C1)N2C(C)=O. The van der Waals surface area contributed by atoms with E-state index < -0.39 is 0 Å². The first-order chi connectivity index (χ1) is 17.3. The molecule has 2 saturated heterocycles. The lowest BCUT2D eigenvalue weighted by atomic mass is 10.1. The fourth-order valence-electron chi connectivity index (χ4n) is 4.90. The summed E-state index contributed by atoms with van der Waals surface area (Å²) in [5.74, 6) is 0.351. The minimum Gasteiger partial charge on any atom is -0.496 e. The third-order valence-electron chi connectivity index (χ3n) is 6.56. The average Bonchev–Trinajstić information content (AvgIpc) is 3.60. The van der Waals surface area contributed by atoms with E-state index >= 15 is 0 Å². The molecule has 188 valence electrons. The highest BCUT2D eigenvalue weighted by molar-refractivity contribution is 8.01. The van der Waals surface area contributed by atoms with Crippen LogP contribution in [0.1, 0.15) is 46.0 Å². The van der Waals surface area contributed by atoms with Gasteiger partial charge in [-0.15, -0.1) is 0 Å². The monoisotopic (exact) mass is 542 g/mol. The molecule has 2 aliphatic rings. The molecule has 0 spiro atoms. The molecule has 3 aromatic rings. The van der Waals surface area contributed by atoms with Crippen molar-refractivity contribution in [3.63, 3.8) is 0 Å². The van der Waals surface area contributed by atoms with E-state index in [1.54, 1.807) is 31.7 Å². The second kappa shape index (κ2) is 10.2. The first kappa shape index (κ1) is 24.8. The summed E-state index contributed by atoms with van der Waals surface area (Å²) in [4.78, 5) is 47.0. The van der Waals surface area contributed by atoms with Gasteiger partial charge in [0.25, 0.3) is 11.8 Å². The molecule has 0 unspecified atom stereocenters. The first-order valence-corrected chi connectivity index (χ1v) is 14.2. The number of fused-ring (bicyclic) bond motifs is 2. The lowest BCUT2D eigenvalue weighted by Gasteiger charge is -2.40. The minimum atomic E-state index is -0.186. The number of carbonyl (C=O) groups is 3. The van der Waals surface area contributed by atoms with Crippen LogP contribution in [0.3, 0.4) is 0 Å². The largest absolute Gasteiger partial charge is 0.496 e. The molecule has 1 N–H and O–H groups in total. The Bertz CT molecular complexity index is 1290. The smallest absolute Gasteiger partial charge is 0.258 e. The number of thiazole rings is 1. The number of aromatic nitrogens is 1. The summed E-state index contributed by atoms with van der Waals surface area (Å²) in [6, 6.07) is 5.69. The molecule has 3 amide bonds. The second-order valence-corrected chi connectivity index (χ2v) is 12.0. The lowest BCUT2D eigenvalue weighted by Crippen LogP contribution is -2.56. The topological polar surface area (TPSA) is 91.8 Å². The number of rotatable bonds is 6. The minimum absolute atomic E-state index is 0.0791. The van der Waals surface area contributed by atoms with Gasteiger partial charge in [0.05, 0.1) is 28.6 Å². The molecular formula is C25H26N4O4S3. The second-order valence-electron chi connectivity index (χ2n) is 8.89. The summed E-state index contributed by atoms with van der Waals surface area (Å²) >= 11 is 4.36. The number of anilines is 1. The number of carbonyl (C=O) groups excluding carboxylic acids is 3. The predicted octanol–water partition coefficient (Wildman–Crippen LogP) is 4.76. The fourth-order valence-corrected chi connectivity index (χ4v) is 7.47. The van der Waals surface area contributed by atoms with Crippen LogP contribution in [-0.2, 0) is 4.79 Å². The number of piperazine rings is 1. The number of hydrogen-bond donors (Lipinski definition) is 1. The van der Waals surface area contributed by atoms with Crippen molar-refractivity contribution in [3.8, 4) is 5.75 Å². The standard InChI is InChI=1S/C25H26N4O4S3/c1-14-8-20(33-3)19(24(32)28-11-17-4-5-18(12-28)29(17)15(2)30)9-21(14)35-22-10-26-25(36-22)27-23(31)16-6-7-34-13-16/h6-10,13,17-18H,4-5,11-12H2,1-3H3,(H,26,27,31)/t17-,18+. The summed E-state index contributed by atoms with van der Waals surface area (Å²) in [7, 11) is 1.57. The maximum Gasteiger partial charge on any atom is 0.258 e. The van der Waals surface area contributed by atoms with Crippen LogP contribution in [0.15, 0.2) is 44.3 Å². The van der Waals surface area contributed by atoms with Gasteiger partial charge in [-0.2, -0.15) is 11.3 Å². The molecule has 2 aliphatic heterocycles. The molecule has 0 radical (unpaired) electrons. The van der Waals surface area contributed by atoms with Gasteiger partial charge >= 0.3 is 0 Å².